The van der Waals surface area contributed by atoms with Crippen LogP contribution in [0.4, 0.5) is 0 Å². The molecule has 0 amide bonds. The zero-order chi connectivity index (χ0) is 13.5. The Morgan fingerprint density at radius 2 is 1.78 bits per heavy atom. The first-order valence-corrected chi connectivity index (χ1v) is 5.34. The van der Waals surface area contributed by atoms with Gasteiger partial charge >= 0.3 is 11.9 Å². The number of ether oxygens (including phenoxy) is 2. The van der Waals surface area contributed by atoms with Crippen LogP contribution in [-0.4, -0.2) is 26.2 Å². The fraction of sp³-hybridized carbons (Fsp3) is 0.286. The fourth-order valence-electron chi connectivity index (χ4n) is 1.61. The third-order valence-electron chi connectivity index (χ3n) is 2.57. The van der Waals surface area contributed by atoms with Crippen LogP contribution >= 0.6 is 0 Å². The van der Waals surface area contributed by atoms with Crippen molar-refractivity contribution in [2.75, 3.05) is 14.2 Å². The summed E-state index contributed by atoms with van der Waals surface area (Å²) >= 11 is 0. The predicted octanol–water partition coefficient (Wildman–Crippen LogP) is 1.17. The minimum Gasteiger partial charge on any atom is -0.468 e. The Hall–Kier alpha value is -2.28. The van der Waals surface area contributed by atoms with E-state index in [0.29, 0.717) is 5.56 Å². The van der Waals surface area contributed by atoms with Gasteiger partial charge in [0.1, 0.15) is 0 Å². The van der Waals surface area contributed by atoms with Crippen LogP contribution in [-0.2, 0) is 25.5 Å². The molecule has 4 heteroatoms. The Balaban J connectivity index is 3.00. The lowest BCUT2D eigenvalue weighted by Gasteiger charge is -2.13. The molecule has 0 N–H and O–H groups in total. The summed E-state index contributed by atoms with van der Waals surface area (Å²) in [5, 5.41) is 0. The number of benzene rings is 1. The Morgan fingerprint density at radius 1 is 1.22 bits per heavy atom. The SMILES string of the molecule is C#Cc1ccccc1CC(C(=O)OC)C(=O)OC. The van der Waals surface area contributed by atoms with E-state index in [1.807, 2.05) is 0 Å². The highest BCUT2D eigenvalue weighted by molar-refractivity contribution is 5.95. The van der Waals surface area contributed by atoms with Crippen molar-refractivity contribution in [2.24, 2.45) is 5.92 Å². The molecule has 94 valence electrons. The summed E-state index contributed by atoms with van der Waals surface area (Å²) in [6.07, 6.45) is 5.53. The number of rotatable bonds is 4. The zero-order valence-corrected chi connectivity index (χ0v) is 10.3. The van der Waals surface area contributed by atoms with Crippen LogP contribution in [0.15, 0.2) is 24.3 Å². The second-order valence-electron chi connectivity index (χ2n) is 3.60. The first kappa shape index (κ1) is 13.8. The van der Waals surface area contributed by atoms with Crippen molar-refractivity contribution < 1.29 is 19.1 Å². The maximum Gasteiger partial charge on any atom is 0.320 e. The van der Waals surface area contributed by atoms with E-state index in [0.717, 1.165) is 5.56 Å². The fourth-order valence-corrected chi connectivity index (χ4v) is 1.61. The molecule has 0 aliphatic heterocycles. The molecular weight excluding hydrogens is 232 g/mol. The highest BCUT2D eigenvalue weighted by atomic mass is 16.5. The molecule has 0 saturated carbocycles. The van der Waals surface area contributed by atoms with Crippen LogP contribution in [0.2, 0.25) is 0 Å². The summed E-state index contributed by atoms with van der Waals surface area (Å²) in [6, 6.07) is 7.11. The van der Waals surface area contributed by atoms with Gasteiger partial charge in [-0.15, -0.1) is 6.42 Å². The van der Waals surface area contributed by atoms with Gasteiger partial charge < -0.3 is 9.47 Å². The number of hydrogen-bond acceptors (Lipinski definition) is 4. The Bertz CT molecular complexity index is 469. The van der Waals surface area contributed by atoms with Crippen LogP contribution in [0.3, 0.4) is 0 Å². The Kier molecular flexibility index (Phi) is 4.94. The lowest BCUT2D eigenvalue weighted by atomic mass is 9.96. The van der Waals surface area contributed by atoms with Crippen LogP contribution in [0.5, 0.6) is 0 Å². The minimum atomic E-state index is -0.991. The maximum absolute atomic E-state index is 11.5. The van der Waals surface area contributed by atoms with Crippen LogP contribution in [0.25, 0.3) is 0 Å². The minimum absolute atomic E-state index is 0.166. The van der Waals surface area contributed by atoms with Crippen molar-refractivity contribution in [3.8, 4) is 12.3 Å². The molecule has 0 fully saturated rings. The second kappa shape index (κ2) is 6.45. The predicted molar refractivity (Wildman–Crippen MR) is 65.6 cm³/mol. The summed E-state index contributed by atoms with van der Waals surface area (Å²) in [4.78, 5) is 23.1. The Labute approximate surface area is 106 Å². The van der Waals surface area contributed by atoms with E-state index in [2.05, 4.69) is 15.4 Å². The molecular formula is C14H14O4. The van der Waals surface area contributed by atoms with E-state index >= 15 is 0 Å². The van der Waals surface area contributed by atoms with Crippen molar-refractivity contribution >= 4 is 11.9 Å². The van der Waals surface area contributed by atoms with E-state index < -0.39 is 17.9 Å². The third kappa shape index (κ3) is 3.11. The quantitative estimate of drug-likeness (QED) is 0.454. The molecule has 0 aliphatic carbocycles. The molecule has 1 rings (SSSR count). The summed E-state index contributed by atoms with van der Waals surface area (Å²) in [6.45, 7) is 0. The van der Waals surface area contributed by atoms with Gasteiger partial charge in [0.05, 0.1) is 14.2 Å². The van der Waals surface area contributed by atoms with Crippen LogP contribution in [0.1, 0.15) is 11.1 Å². The molecule has 0 unspecified atom stereocenters. The molecule has 0 bridgehead atoms. The second-order valence-corrected chi connectivity index (χ2v) is 3.60. The standard InChI is InChI=1S/C14H14O4/c1-4-10-7-5-6-8-11(10)9-12(13(15)17-2)14(16)18-3/h1,5-8,12H,9H2,2-3H3. The molecule has 0 radical (unpaired) electrons. The lowest BCUT2D eigenvalue weighted by molar-refractivity contribution is -0.158. The molecule has 18 heavy (non-hydrogen) atoms. The van der Waals surface area contributed by atoms with Gasteiger partial charge in [-0.05, 0) is 18.1 Å². The largest absolute Gasteiger partial charge is 0.468 e. The van der Waals surface area contributed by atoms with Gasteiger partial charge in [0.15, 0.2) is 5.92 Å². The number of carbonyl (C=O) groups is 2. The zero-order valence-electron chi connectivity index (χ0n) is 10.3. The van der Waals surface area contributed by atoms with Crippen molar-refractivity contribution in [3.63, 3.8) is 0 Å². The van der Waals surface area contributed by atoms with Gasteiger partial charge in [-0.1, -0.05) is 24.1 Å². The number of terminal acetylenes is 1. The first-order chi connectivity index (χ1) is 8.63. The lowest BCUT2D eigenvalue weighted by Crippen LogP contribution is -2.28. The average Bonchev–Trinajstić information content (AvgIpc) is 2.43. The topological polar surface area (TPSA) is 52.6 Å². The van der Waals surface area contributed by atoms with E-state index in [-0.39, 0.29) is 6.42 Å². The van der Waals surface area contributed by atoms with E-state index in [9.17, 15) is 9.59 Å². The normalized spacial score (nSPS) is 9.67. The average molecular weight is 246 g/mol. The highest BCUT2D eigenvalue weighted by Gasteiger charge is 2.29. The van der Waals surface area contributed by atoms with Gasteiger partial charge in [0.2, 0.25) is 0 Å². The molecule has 0 heterocycles. The van der Waals surface area contributed by atoms with Gasteiger partial charge in [0, 0.05) is 5.56 Å². The molecule has 0 spiro atoms. The number of carbonyl (C=O) groups excluding carboxylic acids is 2. The molecule has 1 aromatic rings. The third-order valence-corrected chi connectivity index (χ3v) is 2.57. The van der Waals surface area contributed by atoms with Crippen molar-refractivity contribution in [2.45, 2.75) is 6.42 Å². The van der Waals surface area contributed by atoms with Crippen molar-refractivity contribution in [1.29, 1.82) is 0 Å². The highest BCUT2D eigenvalue weighted by Crippen LogP contribution is 2.15. The van der Waals surface area contributed by atoms with Gasteiger partial charge in [-0.3, -0.25) is 9.59 Å². The molecule has 0 aromatic heterocycles. The summed E-state index contributed by atoms with van der Waals surface area (Å²) in [5.74, 6) is 0.258. The monoisotopic (exact) mass is 246 g/mol. The summed E-state index contributed by atoms with van der Waals surface area (Å²) < 4.78 is 9.18. The smallest absolute Gasteiger partial charge is 0.320 e. The summed E-state index contributed by atoms with van der Waals surface area (Å²) in [5.41, 5.74) is 1.39. The van der Waals surface area contributed by atoms with E-state index in [1.165, 1.54) is 14.2 Å². The van der Waals surface area contributed by atoms with Gasteiger partial charge in [0.25, 0.3) is 0 Å². The molecule has 0 aliphatic rings. The number of methoxy groups -OCH3 is 2. The molecule has 0 atom stereocenters. The van der Waals surface area contributed by atoms with E-state index in [1.54, 1.807) is 24.3 Å². The van der Waals surface area contributed by atoms with Crippen LogP contribution < -0.4 is 0 Å². The summed E-state index contributed by atoms with van der Waals surface area (Å²) in [7, 11) is 2.46. The number of hydrogen-bond donors (Lipinski definition) is 0. The van der Waals surface area contributed by atoms with Gasteiger partial charge in [-0.25, -0.2) is 0 Å². The van der Waals surface area contributed by atoms with Crippen molar-refractivity contribution in [1.82, 2.24) is 0 Å². The van der Waals surface area contributed by atoms with Crippen LogP contribution in [0, 0.1) is 18.3 Å². The van der Waals surface area contributed by atoms with E-state index in [4.69, 9.17) is 6.42 Å². The number of esters is 2. The molecule has 0 saturated heterocycles. The Morgan fingerprint density at radius 3 is 2.28 bits per heavy atom. The maximum atomic E-state index is 11.5. The van der Waals surface area contributed by atoms with Crippen molar-refractivity contribution in [3.05, 3.63) is 35.4 Å². The van der Waals surface area contributed by atoms with Gasteiger partial charge in [-0.2, -0.15) is 0 Å². The first-order valence-electron chi connectivity index (χ1n) is 5.34. The molecule has 1 aromatic carbocycles. The molecule has 4 nitrogen and oxygen atoms in total.